The van der Waals surface area contributed by atoms with Gasteiger partial charge in [-0.15, -0.1) is 0 Å². The molecule has 5 nitrogen and oxygen atoms in total. The van der Waals surface area contributed by atoms with E-state index in [1.54, 1.807) is 12.0 Å². The first kappa shape index (κ1) is 16.8. The van der Waals surface area contributed by atoms with Crippen molar-refractivity contribution in [3.8, 4) is 5.75 Å². The first-order valence-electron chi connectivity index (χ1n) is 8.87. The fourth-order valence-electron chi connectivity index (χ4n) is 3.62. The summed E-state index contributed by atoms with van der Waals surface area (Å²) in [7, 11) is 1.63. The van der Waals surface area contributed by atoms with Gasteiger partial charge in [0.1, 0.15) is 5.75 Å². The number of hydrogen-bond donors (Lipinski definition) is 1. The minimum Gasteiger partial charge on any atom is -0.497 e. The van der Waals surface area contributed by atoms with Crippen molar-refractivity contribution in [2.75, 3.05) is 13.7 Å². The van der Waals surface area contributed by atoms with Crippen LogP contribution in [-0.4, -0.2) is 36.4 Å². The molecule has 1 aromatic carbocycles. The smallest absolute Gasteiger partial charge is 0.225 e. The van der Waals surface area contributed by atoms with Crippen molar-refractivity contribution in [2.24, 2.45) is 5.92 Å². The third kappa shape index (κ3) is 4.08. The number of likely N-dealkylation sites (tertiary alicyclic amines) is 1. The van der Waals surface area contributed by atoms with Gasteiger partial charge in [0.25, 0.3) is 0 Å². The SMILES string of the molecule is COc1ccc(CN2C[C@@H](C(=O)NC3CCCCC3)CC2=O)cc1. The minimum absolute atomic E-state index is 0.0486. The quantitative estimate of drug-likeness (QED) is 0.902. The van der Waals surface area contributed by atoms with Gasteiger partial charge >= 0.3 is 0 Å². The summed E-state index contributed by atoms with van der Waals surface area (Å²) >= 11 is 0. The summed E-state index contributed by atoms with van der Waals surface area (Å²) in [6.07, 6.45) is 6.12. The van der Waals surface area contributed by atoms with E-state index in [9.17, 15) is 9.59 Å². The van der Waals surface area contributed by atoms with Crippen LogP contribution in [-0.2, 0) is 16.1 Å². The van der Waals surface area contributed by atoms with E-state index >= 15 is 0 Å². The van der Waals surface area contributed by atoms with Crippen LogP contribution in [0.2, 0.25) is 0 Å². The zero-order valence-corrected chi connectivity index (χ0v) is 14.3. The van der Waals surface area contributed by atoms with Gasteiger partial charge < -0.3 is 15.0 Å². The Morgan fingerprint density at radius 1 is 1.21 bits per heavy atom. The monoisotopic (exact) mass is 330 g/mol. The van der Waals surface area contributed by atoms with Crippen molar-refractivity contribution in [2.45, 2.75) is 51.1 Å². The number of benzene rings is 1. The van der Waals surface area contributed by atoms with E-state index in [0.29, 0.717) is 25.6 Å². The van der Waals surface area contributed by atoms with Crippen molar-refractivity contribution in [1.29, 1.82) is 0 Å². The van der Waals surface area contributed by atoms with Gasteiger partial charge in [-0.05, 0) is 30.5 Å². The fourth-order valence-corrected chi connectivity index (χ4v) is 3.62. The van der Waals surface area contributed by atoms with Gasteiger partial charge in [0.2, 0.25) is 11.8 Å². The van der Waals surface area contributed by atoms with Gasteiger partial charge in [-0.1, -0.05) is 31.4 Å². The van der Waals surface area contributed by atoms with Crippen LogP contribution < -0.4 is 10.1 Å². The van der Waals surface area contributed by atoms with E-state index in [0.717, 1.165) is 24.2 Å². The molecule has 2 aliphatic rings. The zero-order chi connectivity index (χ0) is 16.9. The summed E-state index contributed by atoms with van der Waals surface area (Å²) in [4.78, 5) is 26.4. The van der Waals surface area contributed by atoms with E-state index in [1.165, 1.54) is 19.3 Å². The standard InChI is InChI=1S/C19H26N2O3/c1-24-17-9-7-14(8-10-17)12-21-13-15(11-18(21)22)19(23)20-16-5-3-2-4-6-16/h7-10,15-16H,2-6,11-13H2,1H3,(H,20,23)/t15-/m0/s1. The summed E-state index contributed by atoms with van der Waals surface area (Å²) in [5.74, 6) is 0.705. The molecule has 2 amide bonds. The number of hydrogen-bond acceptors (Lipinski definition) is 3. The number of carbonyl (C=O) groups is 2. The second kappa shape index (κ2) is 7.69. The Labute approximate surface area is 143 Å². The minimum atomic E-state index is -0.210. The molecule has 1 saturated carbocycles. The van der Waals surface area contributed by atoms with Crippen molar-refractivity contribution in [3.05, 3.63) is 29.8 Å². The van der Waals surface area contributed by atoms with Crippen molar-refractivity contribution in [1.82, 2.24) is 10.2 Å². The number of nitrogens with one attached hydrogen (secondary N) is 1. The highest BCUT2D eigenvalue weighted by atomic mass is 16.5. The van der Waals surface area contributed by atoms with Crippen LogP contribution in [0, 0.1) is 5.92 Å². The third-order valence-corrected chi connectivity index (χ3v) is 5.07. The molecular formula is C19H26N2O3. The third-order valence-electron chi connectivity index (χ3n) is 5.07. The largest absolute Gasteiger partial charge is 0.497 e. The molecule has 1 atom stereocenters. The van der Waals surface area contributed by atoms with Gasteiger partial charge in [0, 0.05) is 25.6 Å². The summed E-state index contributed by atoms with van der Waals surface area (Å²) in [5, 5.41) is 3.15. The molecule has 1 aliphatic heterocycles. The Balaban J connectivity index is 1.53. The maximum Gasteiger partial charge on any atom is 0.225 e. The number of rotatable bonds is 5. The molecule has 1 aromatic rings. The van der Waals surface area contributed by atoms with Crippen molar-refractivity contribution < 1.29 is 14.3 Å². The molecule has 130 valence electrons. The van der Waals surface area contributed by atoms with Crippen LogP contribution in [0.3, 0.4) is 0 Å². The van der Waals surface area contributed by atoms with E-state index in [1.807, 2.05) is 24.3 Å². The molecule has 5 heteroatoms. The zero-order valence-electron chi connectivity index (χ0n) is 14.3. The molecule has 1 N–H and O–H groups in total. The first-order valence-corrected chi connectivity index (χ1v) is 8.87. The number of ether oxygens (including phenoxy) is 1. The molecule has 24 heavy (non-hydrogen) atoms. The fraction of sp³-hybridized carbons (Fsp3) is 0.579. The average Bonchev–Trinajstić information content (AvgIpc) is 2.97. The molecule has 0 radical (unpaired) electrons. The predicted octanol–water partition coefficient (Wildman–Crippen LogP) is 2.49. The summed E-state index contributed by atoms with van der Waals surface area (Å²) < 4.78 is 5.15. The second-order valence-corrected chi connectivity index (χ2v) is 6.87. The van der Waals surface area contributed by atoms with Crippen LogP contribution in [0.15, 0.2) is 24.3 Å². The molecule has 2 fully saturated rings. The van der Waals surface area contributed by atoms with Crippen LogP contribution in [0.25, 0.3) is 0 Å². The van der Waals surface area contributed by atoms with Crippen molar-refractivity contribution in [3.63, 3.8) is 0 Å². The van der Waals surface area contributed by atoms with Gasteiger partial charge in [0.15, 0.2) is 0 Å². The number of nitrogens with zero attached hydrogens (tertiary/aromatic N) is 1. The molecule has 0 bridgehead atoms. The molecule has 1 heterocycles. The van der Waals surface area contributed by atoms with E-state index in [-0.39, 0.29) is 17.7 Å². The molecule has 3 rings (SSSR count). The van der Waals surface area contributed by atoms with E-state index in [4.69, 9.17) is 4.74 Å². The molecular weight excluding hydrogens is 304 g/mol. The Hall–Kier alpha value is -2.04. The maximum atomic E-state index is 12.4. The highest BCUT2D eigenvalue weighted by molar-refractivity contribution is 5.89. The lowest BCUT2D eigenvalue weighted by Crippen LogP contribution is -2.40. The van der Waals surface area contributed by atoms with Crippen LogP contribution >= 0.6 is 0 Å². The maximum absolute atomic E-state index is 12.4. The van der Waals surface area contributed by atoms with Gasteiger partial charge in [0.05, 0.1) is 13.0 Å². The van der Waals surface area contributed by atoms with Crippen LogP contribution in [0.4, 0.5) is 0 Å². The summed E-state index contributed by atoms with van der Waals surface area (Å²) in [5.41, 5.74) is 1.05. The lowest BCUT2D eigenvalue weighted by Gasteiger charge is -2.24. The first-order chi connectivity index (χ1) is 11.7. The Morgan fingerprint density at radius 2 is 1.92 bits per heavy atom. The Kier molecular flexibility index (Phi) is 5.38. The lowest BCUT2D eigenvalue weighted by atomic mass is 9.95. The van der Waals surface area contributed by atoms with Gasteiger partial charge in [-0.25, -0.2) is 0 Å². The average molecular weight is 330 g/mol. The highest BCUT2D eigenvalue weighted by Gasteiger charge is 2.35. The number of carbonyl (C=O) groups excluding carboxylic acids is 2. The van der Waals surface area contributed by atoms with Crippen molar-refractivity contribution >= 4 is 11.8 Å². The normalized spacial score (nSPS) is 21.8. The molecule has 0 unspecified atom stereocenters. The molecule has 1 aliphatic carbocycles. The lowest BCUT2D eigenvalue weighted by molar-refractivity contribution is -0.129. The number of amides is 2. The topological polar surface area (TPSA) is 58.6 Å². The van der Waals surface area contributed by atoms with Gasteiger partial charge in [-0.3, -0.25) is 9.59 Å². The molecule has 0 spiro atoms. The van der Waals surface area contributed by atoms with E-state index in [2.05, 4.69) is 5.32 Å². The highest BCUT2D eigenvalue weighted by Crippen LogP contribution is 2.23. The summed E-state index contributed by atoms with van der Waals surface area (Å²) in [6, 6.07) is 8.01. The van der Waals surface area contributed by atoms with Crippen LogP contribution in [0.5, 0.6) is 5.75 Å². The molecule has 1 saturated heterocycles. The molecule has 0 aromatic heterocycles. The Morgan fingerprint density at radius 3 is 2.58 bits per heavy atom. The Bertz CT molecular complexity index is 579. The van der Waals surface area contributed by atoms with E-state index < -0.39 is 0 Å². The number of methoxy groups -OCH3 is 1. The van der Waals surface area contributed by atoms with Gasteiger partial charge in [-0.2, -0.15) is 0 Å². The summed E-state index contributed by atoms with van der Waals surface area (Å²) in [6.45, 7) is 1.07. The van der Waals surface area contributed by atoms with Crippen LogP contribution in [0.1, 0.15) is 44.1 Å². The predicted molar refractivity (Wildman–Crippen MR) is 91.5 cm³/mol. The second-order valence-electron chi connectivity index (χ2n) is 6.87.